The Morgan fingerprint density at radius 2 is 1.82 bits per heavy atom. The van der Waals surface area contributed by atoms with Gasteiger partial charge in [-0.1, -0.05) is 32.9 Å². The fraction of sp³-hybridized carbons (Fsp3) is 0.429. The predicted octanol–water partition coefficient (Wildman–Crippen LogP) is 2.92. The fourth-order valence-electron chi connectivity index (χ4n) is 1.51. The van der Waals surface area contributed by atoms with Crippen molar-refractivity contribution in [3.8, 4) is 11.8 Å². The van der Waals surface area contributed by atoms with Gasteiger partial charge in [0.15, 0.2) is 5.78 Å². The van der Waals surface area contributed by atoms with Crippen LogP contribution in [-0.2, 0) is 4.79 Å². The molecule has 17 heavy (non-hydrogen) atoms. The van der Waals surface area contributed by atoms with Crippen LogP contribution in [-0.4, -0.2) is 12.9 Å². The normalized spacial score (nSPS) is 12.6. The lowest BCUT2D eigenvalue weighted by atomic mass is 9.80. The summed E-state index contributed by atoms with van der Waals surface area (Å²) < 4.78 is 5.04. The first kappa shape index (κ1) is 13.2. The van der Waals surface area contributed by atoms with Crippen molar-refractivity contribution in [1.29, 1.82) is 5.26 Å². The molecule has 0 bridgehead atoms. The van der Waals surface area contributed by atoms with Gasteiger partial charge >= 0.3 is 0 Å². The van der Waals surface area contributed by atoms with Crippen LogP contribution in [0.25, 0.3) is 0 Å². The summed E-state index contributed by atoms with van der Waals surface area (Å²) in [5.74, 6) is -0.0558. The minimum Gasteiger partial charge on any atom is -0.497 e. The Labute approximate surface area is 102 Å². The van der Waals surface area contributed by atoms with Gasteiger partial charge in [-0.05, 0) is 17.7 Å². The van der Waals surface area contributed by atoms with E-state index < -0.39 is 11.3 Å². The minimum atomic E-state index is -0.707. The van der Waals surface area contributed by atoms with Crippen LogP contribution in [0.5, 0.6) is 5.75 Å². The molecule has 0 spiro atoms. The summed E-state index contributed by atoms with van der Waals surface area (Å²) in [5.41, 5.74) is 0.202. The van der Waals surface area contributed by atoms with Crippen molar-refractivity contribution >= 4 is 5.78 Å². The van der Waals surface area contributed by atoms with Gasteiger partial charge in [-0.2, -0.15) is 5.26 Å². The summed E-state index contributed by atoms with van der Waals surface area (Å²) in [4.78, 5) is 12.1. The molecule has 0 aromatic heterocycles. The van der Waals surface area contributed by atoms with Gasteiger partial charge in [0.25, 0.3) is 0 Å². The molecule has 0 N–H and O–H groups in total. The number of benzene rings is 1. The molecular formula is C14H17NO2. The molecule has 0 fully saturated rings. The Balaban J connectivity index is 3.03. The molecule has 0 aliphatic rings. The number of carbonyl (C=O) groups excluding carboxylic acids is 1. The van der Waals surface area contributed by atoms with Gasteiger partial charge in [-0.3, -0.25) is 4.79 Å². The second kappa shape index (κ2) is 5.01. The van der Waals surface area contributed by atoms with Crippen LogP contribution in [0.1, 0.15) is 32.3 Å². The number of carbonyl (C=O) groups is 1. The Hall–Kier alpha value is -1.82. The number of ketones is 1. The highest BCUT2D eigenvalue weighted by atomic mass is 16.5. The van der Waals surface area contributed by atoms with E-state index in [4.69, 9.17) is 10.00 Å². The molecule has 90 valence electrons. The molecule has 0 aliphatic heterocycles. The van der Waals surface area contributed by atoms with E-state index in [2.05, 4.69) is 6.07 Å². The second-order valence-electron chi connectivity index (χ2n) is 4.95. The molecule has 0 saturated carbocycles. The van der Waals surface area contributed by atoms with E-state index in [-0.39, 0.29) is 5.78 Å². The van der Waals surface area contributed by atoms with Crippen molar-refractivity contribution < 1.29 is 9.53 Å². The molecule has 1 unspecified atom stereocenters. The number of hydrogen-bond acceptors (Lipinski definition) is 3. The van der Waals surface area contributed by atoms with E-state index in [9.17, 15) is 4.79 Å². The van der Waals surface area contributed by atoms with Gasteiger partial charge < -0.3 is 4.74 Å². The summed E-state index contributed by atoms with van der Waals surface area (Å²) in [6, 6.07) is 9.11. The molecule has 0 radical (unpaired) electrons. The Kier molecular flexibility index (Phi) is 3.90. The topological polar surface area (TPSA) is 50.1 Å². The van der Waals surface area contributed by atoms with Gasteiger partial charge in [0, 0.05) is 5.41 Å². The standard InChI is InChI=1S/C14H17NO2/c1-14(2,3)13(16)12(9-15)10-5-7-11(17-4)8-6-10/h5-8,12H,1-4H3. The second-order valence-corrected chi connectivity index (χ2v) is 4.95. The lowest BCUT2D eigenvalue weighted by Crippen LogP contribution is -2.26. The van der Waals surface area contributed by atoms with Crippen LogP contribution in [0, 0.1) is 16.7 Å². The van der Waals surface area contributed by atoms with E-state index in [1.165, 1.54) is 0 Å². The highest BCUT2D eigenvalue weighted by Crippen LogP contribution is 2.27. The van der Waals surface area contributed by atoms with Gasteiger partial charge in [0.2, 0.25) is 0 Å². The van der Waals surface area contributed by atoms with Gasteiger partial charge in [0.05, 0.1) is 13.2 Å². The molecular weight excluding hydrogens is 214 g/mol. The third kappa shape index (κ3) is 3.07. The maximum Gasteiger partial charge on any atom is 0.159 e. The number of hydrogen-bond donors (Lipinski definition) is 0. The third-order valence-electron chi connectivity index (χ3n) is 2.58. The average Bonchev–Trinajstić information content (AvgIpc) is 2.29. The molecule has 3 heteroatoms. The first-order valence-corrected chi connectivity index (χ1v) is 5.48. The number of ether oxygens (including phenoxy) is 1. The third-order valence-corrected chi connectivity index (χ3v) is 2.58. The van der Waals surface area contributed by atoms with Crippen molar-refractivity contribution in [2.75, 3.05) is 7.11 Å². The zero-order chi connectivity index (χ0) is 13.1. The molecule has 1 aromatic carbocycles. The van der Waals surface area contributed by atoms with Crippen LogP contribution >= 0.6 is 0 Å². The molecule has 3 nitrogen and oxygen atoms in total. The van der Waals surface area contributed by atoms with Crippen molar-refractivity contribution in [3.63, 3.8) is 0 Å². The summed E-state index contributed by atoms with van der Waals surface area (Å²) >= 11 is 0. The van der Waals surface area contributed by atoms with Crippen LogP contribution in [0.4, 0.5) is 0 Å². The monoisotopic (exact) mass is 231 g/mol. The SMILES string of the molecule is COc1ccc(C(C#N)C(=O)C(C)(C)C)cc1. The van der Waals surface area contributed by atoms with Crippen LogP contribution in [0.15, 0.2) is 24.3 Å². The molecule has 0 heterocycles. The quantitative estimate of drug-likeness (QED) is 0.803. The molecule has 0 amide bonds. The van der Waals surface area contributed by atoms with E-state index in [1.54, 1.807) is 31.4 Å². The van der Waals surface area contributed by atoms with Crippen LogP contribution in [0.3, 0.4) is 0 Å². The predicted molar refractivity (Wildman–Crippen MR) is 65.8 cm³/mol. The number of rotatable bonds is 3. The van der Waals surface area contributed by atoms with Crippen molar-refractivity contribution in [1.82, 2.24) is 0 Å². The number of nitrogens with zero attached hydrogens (tertiary/aromatic N) is 1. The zero-order valence-electron chi connectivity index (χ0n) is 10.7. The minimum absolute atomic E-state index is 0.0647. The average molecular weight is 231 g/mol. The summed E-state index contributed by atoms with van der Waals surface area (Å²) in [6.07, 6.45) is 0. The zero-order valence-corrected chi connectivity index (χ0v) is 10.7. The highest BCUT2D eigenvalue weighted by Gasteiger charge is 2.30. The highest BCUT2D eigenvalue weighted by molar-refractivity contribution is 5.92. The van der Waals surface area contributed by atoms with Gasteiger partial charge in [0.1, 0.15) is 11.7 Å². The van der Waals surface area contributed by atoms with E-state index >= 15 is 0 Å². The number of Topliss-reactive ketones (excluding diaryl/α,β-unsaturated/α-hetero) is 1. The Morgan fingerprint density at radius 3 is 2.18 bits per heavy atom. The Bertz CT molecular complexity index is 435. The Morgan fingerprint density at radius 1 is 1.29 bits per heavy atom. The van der Waals surface area contributed by atoms with Gasteiger partial charge in [-0.15, -0.1) is 0 Å². The number of nitriles is 1. The summed E-state index contributed by atoms with van der Waals surface area (Å²) in [6.45, 7) is 5.47. The first-order valence-electron chi connectivity index (χ1n) is 5.48. The van der Waals surface area contributed by atoms with Crippen LogP contribution in [0.2, 0.25) is 0 Å². The molecule has 0 saturated heterocycles. The summed E-state index contributed by atoms with van der Waals surface area (Å²) in [7, 11) is 1.58. The lowest BCUT2D eigenvalue weighted by molar-refractivity contribution is -0.126. The maximum atomic E-state index is 12.1. The smallest absolute Gasteiger partial charge is 0.159 e. The van der Waals surface area contributed by atoms with Gasteiger partial charge in [-0.25, -0.2) is 0 Å². The van der Waals surface area contributed by atoms with Crippen molar-refractivity contribution in [2.24, 2.45) is 5.41 Å². The molecule has 1 aromatic rings. The molecule has 1 atom stereocenters. The van der Waals surface area contributed by atoms with Crippen LogP contribution < -0.4 is 4.74 Å². The lowest BCUT2D eigenvalue weighted by Gasteiger charge is -2.20. The largest absolute Gasteiger partial charge is 0.497 e. The van der Waals surface area contributed by atoms with E-state index in [0.29, 0.717) is 11.3 Å². The summed E-state index contributed by atoms with van der Waals surface area (Å²) in [5, 5.41) is 9.14. The first-order chi connectivity index (χ1) is 7.90. The van der Waals surface area contributed by atoms with Crippen molar-refractivity contribution in [2.45, 2.75) is 26.7 Å². The van der Waals surface area contributed by atoms with Crippen molar-refractivity contribution in [3.05, 3.63) is 29.8 Å². The fourth-order valence-corrected chi connectivity index (χ4v) is 1.51. The molecule has 0 aliphatic carbocycles. The molecule has 1 rings (SSSR count). The maximum absolute atomic E-state index is 12.1. The van der Waals surface area contributed by atoms with E-state index in [0.717, 1.165) is 0 Å². The van der Waals surface area contributed by atoms with E-state index in [1.807, 2.05) is 20.8 Å². The number of methoxy groups -OCH3 is 1.